The number of benzene rings is 2. The topological polar surface area (TPSA) is 46.5 Å². The van der Waals surface area contributed by atoms with E-state index in [0.717, 1.165) is 16.0 Å². The van der Waals surface area contributed by atoms with Crippen molar-refractivity contribution >= 4 is 17.7 Å². The molecule has 0 fully saturated rings. The van der Waals surface area contributed by atoms with Crippen LogP contribution < -0.4 is 0 Å². The highest BCUT2D eigenvalue weighted by Crippen LogP contribution is 2.55. The molecule has 3 nitrogen and oxygen atoms in total. The summed E-state index contributed by atoms with van der Waals surface area (Å²) in [6.45, 7) is 3.80. The van der Waals surface area contributed by atoms with Gasteiger partial charge in [0.25, 0.3) is 0 Å². The Morgan fingerprint density at radius 2 is 1.83 bits per heavy atom. The largest absolute Gasteiger partial charge is 0.466 e. The van der Waals surface area contributed by atoms with E-state index in [2.05, 4.69) is 0 Å². The number of fused-ring (bicyclic) bond motifs is 1. The molecule has 0 saturated carbocycles. The van der Waals surface area contributed by atoms with Crippen molar-refractivity contribution in [1.29, 1.82) is 0 Å². The zero-order valence-electron chi connectivity index (χ0n) is 13.2. The predicted molar refractivity (Wildman–Crippen MR) is 91.2 cm³/mol. The van der Waals surface area contributed by atoms with Gasteiger partial charge in [-0.1, -0.05) is 48.5 Å². The van der Waals surface area contributed by atoms with E-state index in [1.54, 1.807) is 25.6 Å². The molecule has 1 N–H and O–H groups in total. The van der Waals surface area contributed by atoms with E-state index in [9.17, 15) is 9.90 Å². The van der Waals surface area contributed by atoms with E-state index in [4.69, 9.17) is 4.74 Å². The van der Waals surface area contributed by atoms with Gasteiger partial charge in [-0.25, -0.2) is 0 Å². The third-order valence-electron chi connectivity index (χ3n) is 4.26. The van der Waals surface area contributed by atoms with Crippen LogP contribution in [0.3, 0.4) is 0 Å². The van der Waals surface area contributed by atoms with Crippen molar-refractivity contribution in [3.63, 3.8) is 0 Å². The third-order valence-corrected chi connectivity index (χ3v) is 5.67. The maximum Gasteiger partial charge on any atom is 0.313 e. The standard InChI is InChI=1S/C19H20O3S/c1-3-22-18(20)16-17(13-9-5-4-6-10-13)23-15-12-8-7-11-14(15)19(16,2)21/h4-12,16-17,21H,3H2,1-2H3/t16-,17+,19-/m1/s1. The number of rotatable bonds is 3. The first-order chi connectivity index (χ1) is 11.1. The average Bonchev–Trinajstić information content (AvgIpc) is 2.55. The van der Waals surface area contributed by atoms with Crippen LogP contribution in [0.25, 0.3) is 0 Å². The lowest BCUT2D eigenvalue weighted by molar-refractivity contribution is -0.158. The van der Waals surface area contributed by atoms with E-state index < -0.39 is 11.5 Å². The smallest absolute Gasteiger partial charge is 0.313 e. The molecule has 4 heteroatoms. The molecule has 2 aromatic rings. The molecule has 0 saturated heterocycles. The fourth-order valence-corrected chi connectivity index (χ4v) is 4.78. The van der Waals surface area contributed by atoms with Crippen LogP contribution in [0.4, 0.5) is 0 Å². The first kappa shape index (κ1) is 16.1. The van der Waals surface area contributed by atoms with Crippen molar-refractivity contribution in [2.75, 3.05) is 6.61 Å². The highest BCUT2D eigenvalue weighted by atomic mass is 32.2. The highest BCUT2D eigenvalue weighted by Gasteiger charge is 2.50. The van der Waals surface area contributed by atoms with Gasteiger partial charge in [-0.3, -0.25) is 4.79 Å². The summed E-state index contributed by atoms with van der Waals surface area (Å²) in [4.78, 5) is 13.6. The van der Waals surface area contributed by atoms with Crippen molar-refractivity contribution in [3.8, 4) is 0 Å². The molecular weight excluding hydrogens is 308 g/mol. The fraction of sp³-hybridized carbons (Fsp3) is 0.316. The summed E-state index contributed by atoms with van der Waals surface area (Å²) in [5.41, 5.74) is 0.537. The zero-order chi connectivity index (χ0) is 16.4. The van der Waals surface area contributed by atoms with Crippen molar-refractivity contribution in [2.24, 2.45) is 5.92 Å². The monoisotopic (exact) mass is 328 g/mol. The van der Waals surface area contributed by atoms with Crippen LogP contribution in [0.15, 0.2) is 59.5 Å². The van der Waals surface area contributed by atoms with Gasteiger partial charge >= 0.3 is 5.97 Å². The van der Waals surface area contributed by atoms with Gasteiger partial charge in [-0.05, 0) is 31.0 Å². The minimum absolute atomic E-state index is 0.180. The number of thioether (sulfide) groups is 1. The summed E-state index contributed by atoms with van der Waals surface area (Å²) in [6, 6.07) is 17.6. The van der Waals surface area contributed by atoms with Crippen LogP contribution in [-0.4, -0.2) is 17.7 Å². The van der Waals surface area contributed by atoms with Crippen LogP contribution in [0, 0.1) is 5.92 Å². The second kappa shape index (κ2) is 6.38. The summed E-state index contributed by atoms with van der Waals surface area (Å²) in [6.07, 6.45) is 0. The summed E-state index contributed by atoms with van der Waals surface area (Å²) in [7, 11) is 0. The summed E-state index contributed by atoms with van der Waals surface area (Å²) >= 11 is 1.61. The summed E-state index contributed by atoms with van der Waals surface area (Å²) in [5, 5.41) is 11.0. The molecule has 120 valence electrons. The Morgan fingerprint density at radius 3 is 2.52 bits per heavy atom. The Bertz CT molecular complexity index is 697. The lowest BCUT2D eigenvalue weighted by Gasteiger charge is -2.42. The average molecular weight is 328 g/mol. The molecule has 0 unspecified atom stereocenters. The van der Waals surface area contributed by atoms with E-state index in [0.29, 0.717) is 6.61 Å². The van der Waals surface area contributed by atoms with E-state index >= 15 is 0 Å². The number of carbonyl (C=O) groups is 1. The number of aliphatic hydroxyl groups is 1. The lowest BCUT2D eigenvalue weighted by Crippen LogP contribution is -2.44. The fourth-order valence-electron chi connectivity index (χ4n) is 3.14. The first-order valence-corrected chi connectivity index (χ1v) is 8.63. The van der Waals surface area contributed by atoms with Crippen molar-refractivity contribution in [3.05, 3.63) is 65.7 Å². The van der Waals surface area contributed by atoms with Crippen LogP contribution in [0.5, 0.6) is 0 Å². The Labute approximate surface area is 140 Å². The van der Waals surface area contributed by atoms with Gasteiger partial charge in [0, 0.05) is 4.90 Å². The normalized spacial score (nSPS) is 26.4. The first-order valence-electron chi connectivity index (χ1n) is 7.75. The lowest BCUT2D eigenvalue weighted by atomic mass is 9.78. The van der Waals surface area contributed by atoms with Crippen LogP contribution >= 0.6 is 11.8 Å². The maximum absolute atomic E-state index is 12.6. The van der Waals surface area contributed by atoms with E-state index in [1.165, 1.54) is 0 Å². The SMILES string of the molecule is CCOC(=O)[C@H]1[C@H](c2ccccc2)Sc2ccccc2[C@@]1(C)O. The molecule has 1 aliphatic rings. The predicted octanol–water partition coefficient (Wildman–Crippen LogP) is 3.92. The molecule has 23 heavy (non-hydrogen) atoms. The molecule has 0 aliphatic carbocycles. The third kappa shape index (κ3) is 2.89. The zero-order valence-corrected chi connectivity index (χ0v) is 14.0. The van der Waals surface area contributed by atoms with Gasteiger partial charge in [0.1, 0.15) is 11.5 Å². The van der Waals surface area contributed by atoms with Gasteiger partial charge in [-0.2, -0.15) is 0 Å². The Kier molecular flexibility index (Phi) is 4.46. The Morgan fingerprint density at radius 1 is 1.17 bits per heavy atom. The quantitative estimate of drug-likeness (QED) is 0.868. The van der Waals surface area contributed by atoms with Crippen LogP contribution in [0.2, 0.25) is 0 Å². The van der Waals surface area contributed by atoms with E-state index in [-0.39, 0.29) is 11.2 Å². The molecule has 0 aromatic heterocycles. The molecule has 3 rings (SSSR count). The molecule has 3 atom stereocenters. The van der Waals surface area contributed by atoms with Crippen molar-refractivity contribution in [2.45, 2.75) is 29.6 Å². The number of ether oxygens (including phenoxy) is 1. The summed E-state index contributed by atoms with van der Waals surface area (Å²) in [5.74, 6) is -1.00. The van der Waals surface area contributed by atoms with Gasteiger partial charge in [-0.15, -0.1) is 11.8 Å². The number of hydrogen-bond acceptors (Lipinski definition) is 4. The second-order valence-corrected chi connectivity index (χ2v) is 7.01. The van der Waals surface area contributed by atoms with Crippen LogP contribution in [0.1, 0.15) is 30.2 Å². The molecule has 0 spiro atoms. The molecular formula is C19H20O3S. The molecule has 1 aliphatic heterocycles. The second-order valence-electron chi connectivity index (χ2n) is 5.82. The molecule has 0 amide bonds. The number of carbonyl (C=O) groups excluding carboxylic acids is 1. The number of esters is 1. The molecule has 0 radical (unpaired) electrons. The minimum Gasteiger partial charge on any atom is -0.466 e. The Balaban J connectivity index is 2.12. The van der Waals surface area contributed by atoms with Gasteiger partial charge in [0.2, 0.25) is 0 Å². The van der Waals surface area contributed by atoms with Crippen molar-refractivity contribution in [1.82, 2.24) is 0 Å². The maximum atomic E-state index is 12.6. The molecule has 0 bridgehead atoms. The summed E-state index contributed by atoms with van der Waals surface area (Å²) < 4.78 is 5.27. The molecule has 1 heterocycles. The number of hydrogen-bond donors (Lipinski definition) is 1. The van der Waals surface area contributed by atoms with E-state index in [1.807, 2.05) is 54.6 Å². The van der Waals surface area contributed by atoms with Gasteiger partial charge in [0.05, 0.1) is 11.9 Å². The van der Waals surface area contributed by atoms with Crippen molar-refractivity contribution < 1.29 is 14.6 Å². The highest BCUT2D eigenvalue weighted by molar-refractivity contribution is 7.99. The Hall–Kier alpha value is -1.78. The molecule has 2 aromatic carbocycles. The van der Waals surface area contributed by atoms with Crippen LogP contribution in [-0.2, 0) is 15.1 Å². The van der Waals surface area contributed by atoms with Gasteiger partial charge in [0.15, 0.2) is 0 Å². The van der Waals surface area contributed by atoms with Gasteiger partial charge < -0.3 is 9.84 Å². The minimum atomic E-state index is -1.27.